The summed E-state index contributed by atoms with van der Waals surface area (Å²) < 4.78 is 8.74. The fourth-order valence-corrected chi connectivity index (χ4v) is 6.01. The Balaban J connectivity index is 1.85. The first kappa shape index (κ1) is 22.7. The third-order valence-corrected chi connectivity index (χ3v) is 8.00. The number of thiophene rings is 1. The maximum absolute atomic E-state index is 13.7. The minimum absolute atomic E-state index is 0.130. The van der Waals surface area contributed by atoms with Crippen molar-refractivity contribution in [3.05, 3.63) is 94.4 Å². The van der Waals surface area contributed by atoms with Crippen LogP contribution in [0.1, 0.15) is 29.9 Å². The SMILES string of the molecule is CC1(C)Cc2c(sc3c2c(=O)n(-c2ccc(Cl)cc2)c(=O)n3Cc2c(Cl)cccc2Cl)CO1. The van der Waals surface area contributed by atoms with Gasteiger partial charge in [-0.2, -0.15) is 0 Å². The molecule has 33 heavy (non-hydrogen) atoms. The summed E-state index contributed by atoms with van der Waals surface area (Å²) in [6.45, 7) is 4.52. The van der Waals surface area contributed by atoms with Gasteiger partial charge in [0.15, 0.2) is 0 Å². The van der Waals surface area contributed by atoms with Crippen LogP contribution in [0.2, 0.25) is 15.1 Å². The number of nitrogens with zero attached hydrogens (tertiary/aromatic N) is 2. The van der Waals surface area contributed by atoms with Gasteiger partial charge in [0.2, 0.25) is 0 Å². The predicted molar refractivity (Wildman–Crippen MR) is 135 cm³/mol. The van der Waals surface area contributed by atoms with Crippen molar-refractivity contribution in [3.63, 3.8) is 0 Å². The number of fused-ring (bicyclic) bond motifs is 3. The number of ether oxygens (including phenoxy) is 1. The monoisotopic (exact) mass is 520 g/mol. The van der Waals surface area contributed by atoms with Crippen molar-refractivity contribution in [1.29, 1.82) is 0 Å². The maximum Gasteiger partial charge on any atom is 0.337 e. The Morgan fingerprint density at radius 3 is 2.36 bits per heavy atom. The summed E-state index contributed by atoms with van der Waals surface area (Å²) in [4.78, 5) is 29.0. The van der Waals surface area contributed by atoms with Gasteiger partial charge in [-0.15, -0.1) is 11.3 Å². The number of rotatable bonds is 3. The lowest BCUT2D eigenvalue weighted by atomic mass is 9.94. The largest absolute Gasteiger partial charge is 0.370 e. The lowest BCUT2D eigenvalue weighted by Gasteiger charge is -2.29. The van der Waals surface area contributed by atoms with Crippen LogP contribution in [0.3, 0.4) is 0 Å². The lowest BCUT2D eigenvalue weighted by molar-refractivity contribution is -0.0379. The summed E-state index contributed by atoms with van der Waals surface area (Å²) in [6.07, 6.45) is 0.573. The highest BCUT2D eigenvalue weighted by Gasteiger charge is 2.32. The number of aromatic nitrogens is 2. The van der Waals surface area contributed by atoms with Gasteiger partial charge in [-0.25, -0.2) is 9.36 Å². The van der Waals surface area contributed by atoms with Crippen LogP contribution in [0.25, 0.3) is 15.9 Å². The summed E-state index contributed by atoms with van der Waals surface area (Å²) >= 11 is 20.3. The van der Waals surface area contributed by atoms with E-state index in [0.29, 0.717) is 49.6 Å². The molecule has 3 heterocycles. The Morgan fingerprint density at radius 2 is 1.70 bits per heavy atom. The number of benzene rings is 2. The minimum atomic E-state index is -0.468. The van der Waals surface area contributed by atoms with E-state index in [1.54, 1.807) is 47.0 Å². The van der Waals surface area contributed by atoms with Gasteiger partial charge < -0.3 is 4.74 Å². The average Bonchev–Trinajstić information content (AvgIpc) is 3.12. The first-order chi connectivity index (χ1) is 15.7. The molecule has 4 aromatic rings. The van der Waals surface area contributed by atoms with Crippen LogP contribution in [0.15, 0.2) is 52.1 Å². The molecule has 5 nitrogen and oxygen atoms in total. The van der Waals surface area contributed by atoms with E-state index in [0.717, 1.165) is 10.4 Å². The Hall–Kier alpha value is -2.09. The van der Waals surface area contributed by atoms with Crippen LogP contribution >= 0.6 is 46.1 Å². The molecule has 0 saturated heterocycles. The molecule has 1 aliphatic heterocycles. The lowest BCUT2D eigenvalue weighted by Crippen LogP contribution is -2.39. The van der Waals surface area contributed by atoms with Crippen molar-refractivity contribution in [2.45, 2.75) is 39.0 Å². The van der Waals surface area contributed by atoms with E-state index in [4.69, 9.17) is 39.5 Å². The normalized spacial score (nSPS) is 15.1. The Labute approximate surface area is 208 Å². The van der Waals surface area contributed by atoms with Crippen molar-refractivity contribution in [2.24, 2.45) is 0 Å². The summed E-state index contributed by atoms with van der Waals surface area (Å²) in [5, 5.41) is 1.96. The van der Waals surface area contributed by atoms with E-state index in [-0.39, 0.29) is 12.1 Å². The van der Waals surface area contributed by atoms with Crippen LogP contribution in [0, 0.1) is 0 Å². The van der Waals surface area contributed by atoms with Crippen LogP contribution < -0.4 is 11.2 Å². The van der Waals surface area contributed by atoms with Gasteiger partial charge >= 0.3 is 5.69 Å². The van der Waals surface area contributed by atoms with E-state index in [2.05, 4.69) is 0 Å². The average molecular weight is 522 g/mol. The summed E-state index contributed by atoms with van der Waals surface area (Å²) in [5.41, 5.74) is 0.762. The highest BCUT2D eigenvalue weighted by Crippen LogP contribution is 2.38. The first-order valence-corrected chi connectivity index (χ1v) is 12.2. The molecule has 0 bridgehead atoms. The van der Waals surface area contributed by atoms with Crippen molar-refractivity contribution >= 4 is 56.4 Å². The smallest absolute Gasteiger partial charge is 0.337 e. The molecule has 0 spiro atoms. The van der Waals surface area contributed by atoms with Gasteiger partial charge in [0.1, 0.15) is 4.83 Å². The number of hydrogen-bond acceptors (Lipinski definition) is 4. The van der Waals surface area contributed by atoms with E-state index < -0.39 is 11.3 Å². The summed E-state index contributed by atoms with van der Waals surface area (Å²) in [7, 11) is 0. The zero-order valence-electron chi connectivity index (χ0n) is 17.8. The Kier molecular flexibility index (Phi) is 5.70. The molecule has 0 radical (unpaired) electrons. The minimum Gasteiger partial charge on any atom is -0.370 e. The van der Waals surface area contributed by atoms with Crippen LogP contribution in [0.5, 0.6) is 0 Å². The number of halogens is 3. The Morgan fingerprint density at radius 1 is 1.03 bits per heavy atom. The van der Waals surface area contributed by atoms with Crippen LogP contribution in [-0.2, 0) is 24.3 Å². The van der Waals surface area contributed by atoms with Crippen LogP contribution in [0.4, 0.5) is 0 Å². The predicted octanol–water partition coefficient (Wildman–Crippen LogP) is 6.07. The standard InChI is InChI=1S/C24H19Cl3N2O3S/c1-24(2)10-15-19(12-32-24)33-22-20(15)21(30)29(14-8-6-13(25)7-9-14)23(31)28(22)11-16-17(26)4-3-5-18(16)27/h3-9H,10-12H2,1-2H3. The highest BCUT2D eigenvalue weighted by atomic mass is 35.5. The first-order valence-electron chi connectivity index (χ1n) is 10.3. The zero-order valence-corrected chi connectivity index (χ0v) is 20.9. The van der Waals surface area contributed by atoms with E-state index in [1.165, 1.54) is 15.9 Å². The molecule has 0 amide bonds. The van der Waals surface area contributed by atoms with Crippen LogP contribution in [-0.4, -0.2) is 14.7 Å². The zero-order chi connectivity index (χ0) is 23.5. The van der Waals surface area contributed by atoms with Gasteiger partial charge in [-0.3, -0.25) is 9.36 Å². The van der Waals surface area contributed by atoms with Crippen molar-refractivity contribution in [2.75, 3.05) is 0 Å². The molecule has 2 aromatic heterocycles. The Bertz CT molecular complexity index is 1500. The molecule has 2 aromatic carbocycles. The topological polar surface area (TPSA) is 53.2 Å². The van der Waals surface area contributed by atoms with Gasteiger partial charge in [-0.05, 0) is 55.8 Å². The molecule has 0 saturated carbocycles. The molecular weight excluding hydrogens is 503 g/mol. The quantitative estimate of drug-likeness (QED) is 0.329. The second-order valence-electron chi connectivity index (χ2n) is 8.59. The molecule has 0 unspecified atom stereocenters. The second-order valence-corrected chi connectivity index (χ2v) is 10.9. The molecule has 170 valence electrons. The molecule has 1 aliphatic rings. The van der Waals surface area contributed by atoms with Gasteiger partial charge in [0.25, 0.3) is 5.56 Å². The maximum atomic E-state index is 13.7. The third kappa shape index (κ3) is 3.94. The van der Waals surface area contributed by atoms with Gasteiger partial charge in [0.05, 0.1) is 29.8 Å². The highest BCUT2D eigenvalue weighted by molar-refractivity contribution is 7.18. The van der Waals surface area contributed by atoms with E-state index >= 15 is 0 Å². The van der Waals surface area contributed by atoms with Gasteiger partial charge in [-0.1, -0.05) is 40.9 Å². The third-order valence-electron chi connectivity index (χ3n) is 5.82. The van der Waals surface area contributed by atoms with Gasteiger partial charge in [0, 0.05) is 31.9 Å². The second kappa shape index (κ2) is 8.29. The van der Waals surface area contributed by atoms with E-state index in [9.17, 15) is 9.59 Å². The molecule has 0 aliphatic carbocycles. The molecule has 9 heteroatoms. The fourth-order valence-electron chi connectivity index (χ4n) is 4.15. The summed E-state index contributed by atoms with van der Waals surface area (Å²) in [5.74, 6) is 0. The molecule has 0 atom stereocenters. The summed E-state index contributed by atoms with van der Waals surface area (Å²) in [6, 6.07) is 11.9. The molecule has 0 N–H and O–H groups in total. The van der Waals surface area contributed by atoms with Crippen molar-refractivity contribution < 1.29 is 4.74 Å². The van der Waals surface area contributed by atoms with E-state index in [1.807, 2.05) is 13.8 Å². The van der Waals surface area contributed by atoms with Crippen molar-refractivity contribution in [3.8, 4) is 5.69 Å². The fraction of sp³-hybridized carbons (Fsp3) is 0.250. The number of hydrogen-bond donors (Lipinski definition) is 0. The molecular formula is C24H19Cl3N2O3S. The molecule has 5 rings (SSSR count). The van der Waals surface area contributed by atoms with Crippen molar-refractivity contribution in [1.82, 2.24) is 9.13 Å². The molecule has 0 fully saturated rings.